The zero-order valence-corrected chi connectivity index (χ0v) is 14.6. The number of hydrogen-bond donors (Lipinski definition) is 2. The van der Waals surface area contributed by atoms with Crippen LogP contribution in [-0.4, -0.2) is 36.6 Å². The van der Waals surface area contributed by atoms with Gasteiger partial charge in [-0.3, -0.25) is 4.79 Å². The summed E-state index contributed by atoms with van der Waals surface area (Å²) in [5.41, 5.74) is 3.61. The van der Waals surface area contributed by atoms with Crippen LogP contribution in [0, 0.1) is 6.92 Å². The van der Waals surface area contributed by atoms with E-state index in [9.17, 15) is 4.79 Å². The topological polar surface area (TPSA) is 76.2 Å². The quantitative estimate of drug-likeness (QED) is 0.724. The number of H-pyrrole nitrogens is 1. The largest absolute Gasteiger partial charge is 0.497 e. The van der Waals surface area contributed by atoms with Gasteiger partial charge in [0.25, 0.3) is 5.91 Å². The lowest BCUT2D eigenvalue weighted by Crippen LogP contribution is -2.25. The number of benzene rings is 2. The van der Waals surface area contributed by atoms with Gasteiger partial charge in [0.2, 0.25) is 0 Å². The highest BCUT2D eigenvalue weighted by atomic mass is 16.5. The van der Waals surface area contributed by atoms with Crippen molar-refractivity contribution in [1.82, 2.24) is 15.3 Å². The zero-order valence-electron chi connectivity index (χ0n) is 14.6. The van der Waals surface area contributed by atoms with Gasteiger partial charge in [-0.15, -0.1) is 0 Å². The van der Waals surface area contributed by atoms with Crippen LogP contribution in [0.1, 0.15) is 21.7 Å². The first kappa shape index (κ1) is 16.8. The minimum absolute atomic E-state index is 0.157. The Bertz CT molecular complexity index is 880. The smallest absolute Gasteiger partial charge is 0.251 e. The third-order valence-corrected chi connectivity index (χ3v) is 3.98. The van der Waals surface area contributed by atoms with Crippen LogP contribution in [0.4, 0.5) is 0 Å². The Kier molecular flexibility index (Phi) is 4.88. The van der Waals surface area contributed by atoms with Crippen molar-refractivity contribution >= 4 is 16.9 Å². The van der Waals surface area contributed by atoms with Crippen molar-refractivity contribution in [2.75, 3.05) is 20.8 Å². The molecule has 0 saturated heterocycles. The number of fused-ring (bicyclic) bond motifs is 1. The monoisotopic (exact) mass is 339 g/mol. The van der Waals surface area contributed by atoms with Crippen molar-refractivity contribution < 1.29 is 14.3 Å². The first-order chi connectivity index (χ1) is 12.1. The normalized spacial score (nSPS) is 10.7. The average Bonchev–Trinajstić information content (AvgIpc) is 3.00. The van der Waals surface area contributed by atoms with E-state index in [1.165, 1.54) is 0 Å². The van der Waals surface area contributed by atoms with E-state index < -0.39 is 0 Å². The maximum atomic E-state index is 12.3. The summed E-state index contributed by atoms with van der Waals surface area (Å²) in [4.78, 5) is 20.0. The number of amides is 1. The van der Waals surface area contributed by atoms with Crippen molar-refractivity contribution in [2.24, 2.45) is 0 Å². The third kappa shape index (κ3) is 3.91. The molecule has 0 aliphatic carbocycles. The molecule has 2 N–H and O–H groups in total. The number of nitrogens with zero attached hydrogens (tertiary/aromatic N) is 1. The molecule has 6 heteroatoms. The number of aromatic nitrogens is 2. The van der Waals surface area contributed by atoms with Gasteiger partial charge in [-0.2, -0.15) is 0 Å². The first-order valence-corrected chi connectivity index (χ1v) is 8.05. The van der Waals surface area contributed by atoms with E-state index in [0.29, 0.717) is 23.6 Å². The van der Waals surface area contributed by atoms with Crippen LogP contribution >= 0.6 is 0 Å². The summed E-state index contributed by atoms with van der Waals surface area (Å²) >= 11 is 0. The van der Waals surface area contributed by atoms with Crippen LogP contribution in [0.3, 0.4) is 0 Å². The standard InChI is InChI=1S/C19H21N3O3/c1-12-21-17-5-4-13(8-18(17)22-12)6-7-20-19(23)14-9-15(24-2)11-16(10-14)25-3/h4-5,8-11H,6-7H2,1-3H3,(H,20,23)(H,21,22). The van der Waals surface area contributed by atoms with Gasteiger partial charge >= 0.3 is 0 Å². The van der Waals surface area contributed by atoms with Gasteiger partial charge in [0.1, 0.15) is 17.3 Å². The second-order valence-corrected chi connectivity index (χ2v) is 5.78. The SMILES string of the molecule is COc1cc(OC)cc(C(=O)NCCc2ccc3nc(C)[nH]c3c2)c1. The Hall–Kier alpha value is -3.02. The summed E-state index contributed by atoms with van der Waals surface area (Å²) in [5, 5.41) is 2.93. The molecule has 130 valence electrons. The molecule has 3 aromatic rings. The van der Waals surface area contributed by atoms with Gasteiger partial charge in [0.15, 0.2) is 0 Å². The molecular formula is C19H21N3O3. The van der Waals surface area contributed by atoms with Crippen LogP contribution in [0.2, 0.25) is 0 Å². The summed E-state index contributed by atoms with van der Waals surface area (Å²) < 4.78 is 10.4. The Labute approximate surface area is 146 Å². The van der Waals surface area contributed by atoms with E-state index >= 15 is 0 Å². The number of carbonyl (C=O) groups excluding carboxylic acids is 1. The molecule has 0 unspecified atom stereocenters. The molecule has 1 aromatic heterocycles. The summed E-state index contributed by atoms with van der Waals surface area (Å²) in [6.07, 6.45) is 0.737. The molecule has 1 amide bonds. The highest BCUT2D eigenvalue weighted by Crippen LogP contribution is 2.22. The second-order valence-electron chi connectivity index (χ2n) is 5.78. The molecule has 6 nitrogen and oxygen atoms in total. The molecule has 0 spiro atoms. The summed E-state index contributed by atoms with van der Waals surface area (Å²) in [6, 6.07) is 11.2. The number of methoxy groups -OCH3 is 2. The number of nitrogens with one attached hydrogen (secondary N) is 2. The molecule has 0 bridgehead atoms. The third-order valence-electron chi connectivity index (χ3n) is 3.98. The minimum Gasteiger partial charge on any atom is -0.497 e. The first-order valence-electron chi connectivity index (χ1n) is 8.05. The lowest BCUT2D eigenvalue weighted by Gasteiger charge is -2.09. The van der Waals surface area contributed by atoms with Gasteiger partial charge < -0.3 is 19.8 Å². The average molecular weight is 339 g/mol. The van der Waals surface area contributed by atoms with Crippen LogP contribution in [0.25, 0.3) is 11.0 Å². The second kappa shape index (κ2) is 7.25. The van der Waals surface area contributed by atoms with Crippen molar-refractivity contribution in [3.8, 4) is 11.5 Å². The van der Waals surface area contributed by atoms with E-state index in [0.717, 1.165) is 28.8 Å². The van der Waals surface area contributed by atoms with E-state index in [1.807, 2.05) is 19.1 Å². The zero-order chi connectivity index (χ0) is 17.8. The summed E-state index contributed by atoms with van der Waals surface area (Å²) in [7, 11) is 3.12. The number of ether oxygens (including phenoxy) is 2. The van der Waals surface area contributed by atoms with Crippen molar-refractivity contribution in [1.29, 1.82) is 0 Å². The maximum Gasteiger partial charge on any atom is 0.251 e. The van der Waals surface area contributed by atoms with Gasteiger partial charge in [0.05, 0.1) is 25.3 Å². The van der Waals surface area contributed by atoms with Crippen LogP contribution in [-0.2, 0) is 6.42 Å². The summed E-state index contributed by atoms with van der Waals surface area (Å²) in [5.74, 6) is 1.91. The molecule has 3 rings (SSSR count). The van der Waals surface area contributed by atoms with Crippen LogP contribution < -0.4 is 14.8 Å². The Morgan fingerprint density at radius 1 is 1.12 bits per heavy atom. The Morgan fingerprint density at radius 2 is 1.84 bits per heavy atom. The molecule has 25 heavy (non-hydrogen) atoms. The molecule has 0 radical (unpaired) electrons. The molecule has 0 aliphatic rings. The number of imidazole rings is 1. The molecule has 0 aliphatic heterocycles. The lowest BCUT2D eigenvalue weighted by atomic mass is 10.1. The van der Waals surface area contributed by atoms with Gasteiger partial charge in [-0.25, -0.2) is 4.98 Å². The maximum absolute atomic E-state index is 12.3. The van der Waals surface area contributed by atoms with Crippen molar-refractivity contribution in [3.05, 3.63) is 53.3 Å². The van der Waals surface area contributed by atoms with E-state index in [-0.39, 0.29) is 5.91 Å². The van der Waals surface area contributed by atoms with Crippen LogP contribution in [0.15, 0.2) is 36.4 Å². The van der Waals surface area contributed by atoms with Gasteiger partial charge in [-0.1, -0.05) is 6.07 Å². The number of aromatic amines is 1. The molecule has 0 atom stereocenters. The fraction of sp³-hybridized carbons (Fsp3) is 0.263. The summed E-state index contributed by atoms with van der Waals surface area (Å²) in [6.45, 7) is 2.47. The fourth-order valence-electron chi connectivity index (χ4n) is 2.70. The number of rotatable bonds is 6. The van der Waals surface area contributed by atoms with E-state index in [4.69, 9.17) is 9.47 Å². The number of carbonyl (C=O) groups is 1. The molecule has 0 fully saturated rings. The molecule has 1 heterocycles. The highest BCUT2D eigenvalue weighted by Gasteiger charge is 2.09. The van der Waals surface area contributed by atoms with Crippen molar-refractivity contribution in [2.45, 2.75) is 13.3 Å². The number of aryl methyl sites for hydroxylation is 1. The highest BCUT2D eigenvalue weighted by molar-refractivity contribution is 5.95. The van der Waals surface area contributed by atoms with Crippen molar-refractivity contribution in [3.63, 3.8) is 0 Å². The minimum atomic E-state index is -0.157. The molecular weight excluding hydrogens is 318 g/mol. The molecule has 2 aromatic carbocycles. The lowest BCUT2D eigenvalue weighted by molar-refractivity contribution is 0.0953. The Balaban J connectivity index is 1.63. The van der Waals surface area contributed by atoms with E-state index in [1.54, 1.807) is 32.4 Å². The molecule has 0 saturated carbocycles. The predicted octanol–water partition coefficient (Wildman–Crippen LogP) is 2.86. The van der Waals surface area contributed by atoms with Gasteiger partial charge in [-0.05, 0) is 43.2 Å². The van der Waals surface area contributed by atoms with Gasteiger partial charge in [0, 0.05) is 18.2 Å². The number of hydrogen-bond acceptors (Lipinski definition) is 4. The Morgan fingerprint density at radius 3 is 2.52 bits per heavy atom. The fourth-order valence-corrected chi connectivity index (χ4v) is 2.70. The van der Waals surface area contributed by atoms with Crippen LogP contribution in [0.5, 0.6) is 11.5 Å². The predicted molar refractivity (Wildman–Crippen MR) is 96.4 cm³/mol. The van der Waals surface area contributed by atoms with E-state index in [2.05, 4.69) is 21.4 Å².